The number of ether oxygens (including phenoxy) is 1. The second-order valence-electron chi connectivity index (χ2n) is 6.35. The van der Waals surface area contributed by atoms with E-state index in [0.29, 0.717) is 6.10 Å². The molecular weight excluding hydrogens is 210 g/mol. The van der Waals surface area contributed by atoms with Gasteiger partial charge in [-0.1, -0.05) is 11.6 Å². The van der Waals surface area contributed by atoms with Gasteiger partial charge < -0.3 is 9.64 Å². The lowest BCUT2D eigenvalue weighted by Gasteiger charge is -2.45. The standard InChI is InChI=1S/C15H25NO/c1-11-5-6-12-8-14(11)15(17-10-12)13-4-3-7-16(2)9-13/h5,12-15H,3-4,6-10H2,1-2H3/t12-,13?,14+,15-/m0/s1. The molecule has 2 heterocycles. The number of allylic oxidation sites excluding steroid dienone is 1. The molecule has 3 aliphatic rings. The summed E-state index contributed by atoms with van der Waals surface area (Å²) in [4.78, 5) is 2.48. The third-order valence-electron chi connectivity index (χ3n) is 4.99. The van der Waals surface area contributed by atoms with Gasteiger partial charge in [-0.2, -0.15) is 0 Å². The summed E-state index contributed by atoms with van der Waals surface area (Å²) >= 11 is 0. The molecule has 96 valence electrons. The van der Waals surface area contributed by atoms with Crippen LogP contribution in [0, 0.1) is 17.8 Å². The molecule has 0 saturated carbocycles. The molecule has 1 aliphatic carbocycles. The summed E-state index contributed by atoms with van der Waals surface area (Å²) in [5.74, 6) is 2.29. The first kappa shape index (κ1) is 11.7. The molecule has 2 heteroatoms. The molecule has 2 bridgehead atoms. The van der Waals surface area contributed by atoms with Crippen LogP contribution in [0.15, 0.2) is 11.6 Å². The average Bonchev–Trinajstić information content (AvgIpc) is 2.34. The summed E-state index contributed by atoms with van der Waals surface area (Å²) in [6, 6.07) is 0. The molecule has 17 heavy (non-hydrogen) atoms. The van der Waals surface area contributed by atoms with Crippen LogP contribution in [0.4, 0.5) is 0 Å². The fourth-order valence-corrected chi connectivity index (χ4v) is 3.98. The molecule has 2 saturated heterocycles. The minimum absolute atomic E-state index is 0.505. The first-order chi connectivity index (χ1) is 8.24. The van der Waals surface area contributed by atoms with Gasteiger partial charge in [0.2, 0.25) is 0 Å². The van der Waals surface area contributed by atoms with Gasteiger partial charge in [0.1, 0.15) is 0 Å². The van der Waals surface area contributed by atoms with E-state index in [2.05, 4.69) is 24.9 Å². The maximum absolute atomic E-state index is 6.24. The van der Waals surface area contributed by atoms with Crippen LogP contribution in [0.3, 0.4) is 0 Å². The van der Waals surface area contributed by atoms with Gasteiger partial charge in [-0.05, 0) is 58.0 Å². The Labute approximate surface area is 105 Å². The van der Waals surface area contributed by atoms with Gasteiger partial charge in [0.15, 0.2) is 0 Å². The van der Waals surface area contributed by atoms with E-state index >= 15 is 0 Å². The number of hydrogen-bond acceptors (Lipinski definition) is 2. The Morgan fingerprint density at radius 1 is 1.41 bits per heavy atom. The molecule has 0 aromatic carbocycles. The highest BCUT2D eigenvalue weighted by atomic mass is 16.5. The smallest absolute Gasteiger partial charge is 0.0680 e. The third kappa shape index (κ3) is 2.30. The predicted octanol–water partition coefficient (Wildman–Crippen LogP) is 2.70. The number of fused-ring (bicyclic) bond motifs is 2. The third-order valence-corrected chi connectivity index (χ3v) is 4.99. The van der Waals surface area contributed by atoms with Crippen LogP contribution in [0.5, 0.6) is 0 Å². The number of nitrogens with zero attached hydrogens (tertiary/aromatic N) is 1. The first-order valence-electron chi connectivity index (χ1n) is 7.21. The van der Waals surface area contributed by atoms with Crippen molar-refractivity contribution in [2.45, 2.75) is 38.7 Å². The van der Waals surface area contributed by atoms with Crippen molar-refractivity contribution in [2.24, 2.45) is 17.8 Å². The lowest BCUT2D eigenvalue weighted by molar-refractivity contribution is -0.0904. The summed E-state index contributed by atoms with van der Waals surface area (Å²) in [5, 5.41) is 0. The molecule has 0 N–H and O–H groups in total. The zero-order valence-corrected chi connectivity index (χ0v) is 11.2. The van der Waals surface area contributed by atoms with Crippen LogP contribution in [0.1, 0.15) is 32.6 Å². The van der Waals surface area contributed by atoms with Gasteiger partial charge >= 0.3 is 0 Å². The summed E-state index contributed by atoms with van der Waals surface area (Å²) in [6.07, 6.45) is 8.32. The van der Waals surface area contributed by atoms with Gasteiger partial charge in [0.05, 0.1) is 12.7 Å². The van der Waals surface area contributed by atoms with Crippen LogP contribution in [-0.2, 0) is 4.74 Å². The number of rotatable bonds is 1. The van der Waals surface area contributed by atoms with E-state index in [9.17, 15) is 0 Å². The Bertz CT molecular complexity index is 312. The quantitative estimate of drug-likeness (QED) is 0.648. The van der Waals surface area contributed by atoms with E-state index in [0.717, 1.165) is 24.4 Å². The first-order valence-corrected chi connectivity index (χ1v) is 7.21. The average molecular weight is 235 g/mol. The summed E-state index contributed by atoms with van der Waals surface area (Å²) in [6.45, 7) is 5.82. The van der Waals surface area contributed by atoms with E-state index in [1.54, 1.807) is 5.57 Å². The Kier molecular flexibility index (Phi) is 3.27. The van der Waals surface area contributed by atoms with E-state index in [1.807, 2.05) is 0 Å². The highest BCUT2D eigenvalue weighted by molar-refractivity contribution is 5.13. The van der Waals surface area contributed by atoms with E-state index in [1.165, 1.54) is 38.8 Å². The number of likely N-dealkylation sites (tertiary alicyclic amines) is 1. The second-order valence-corrected chi connectivity index (χ2v) is 6.35. The Morgan fingerprint density at radius 3 is 3.12 bits per heavy atom. The van der Waals surface area contributed by atoms with Gasteiger partial charge in [0, 0.05) is 12.5 Å². The normalized spacial score (nSPS) is 43.3. The fourth-order valence-electron chi connectivity index (χ4n) is 3.98. The topological polar surface area (TPSA) is 12.5 Å². The molecule has 0 amide bonds. The van der Waals surface area contributed by atoms with E-state index < -0.39 is 0 Å². The maximum Gasteiger partial charge on any atom is 0.0680 e. The van der Waals surface area contributed by atoms with E-state index in [4.69, 9.17) is 4.74 Å². The van der Waals surface area contributed by atoms with Crippen molar-refractivity contribution >= 4 is 0 Å². The zero-order chi connectivity index (χ0) is 11.8. The van der Waals surface area contributed by atoms with Crippen LogP contribution in [0.2, 0.25) is 0 Å². The fraction of sp³-hybridized carbons (Fsp3) is 0.867. The highest BCUT2D eigenvalue weighted by Gasteiger charge is 2.39. The summed E-state index contributed by atoms with van der Waals surface area (Å²) < 4.78 is 6.24. The summed E-state index contributed by atoms with van der Waals surface area (Å²) in [7, 11) is 2.25. The highest BCUT2D eigenvalue weighted by Crippen LogP contribution is 2.41. The maximum atomic E-state index is 6.24. The Morgan fingerprint density at radius 2 is 2.29 bits per heavy atom. The molecule has 3 rings (SSSR count). The largest absolute Gasteiger partial charge is 0.377 e. The molecule has 0 radical (unpaired) electrons. The van der Waals surface area contributed by atoms with Crippen LogP contribution < -0.4 is 0 Å². The molecule has 0 aromatic rings. The van der Waals surface area contributed by atoms with Crippen molar-refractivity contribution in [3.05, 3.63) is 11.6 Å². The minimum atomic E-state index is 0.505. The minimum Gasteiger partial charge on any atom is -0.377 e. The van der Waals surface area contributed by atoms with Crippen molar-refractivity contribution in [3.63, 3.8) is 0 Å². The van der Waals surface area contributed by atoms with Crippen molar-refractivity contribution in [1.82, 2.24) is 4.90 Å². The molecule has 0 spiro atoms. The van der Waals surface area contributed by atoms with Gasteiger partial charge in [-0.15, -0.1) is 0 Å². The molecule has 2 nitrogen and oxygen atoms in total. The lowest BCUT2D eigenvalue weighted by Crippen LogP contribution is -2.47. The Balaban J connectivity index is 1.73. The van der Waals surface area contributed by atoms with E-state index in [-0.39, 0.29) is 0 Å². The second kappa shape index (κ2) is 4.74. The zero-order valence-electron chi connectivity index (χ0n) is 11.2. The molecule has 2 fully saturated rings. The van der Waals surface area contributed by atoms with Crippen molar-refractivity contribution in [3.8, 4) is 0 Å². The van der Waals surface area contributed by atoms with Crippen LogP contribution in [0.25, 0.3) is 0 Å². The van der Waals surface area contributed by atoms with Crippen molar-refractivity contribution in [1.29, 1.82) is 0 Å². The van der Waals surface area contributed by atoms with Crippen molar-refractivity contribution in [2.75, 3.05) is 26.7 Å². The Hall–Kier alpha value is -0.340. The number of piperidine rings is 1. The predicted molar refractivity (Wildman–Crippen MR) is 69.9 cm³/mol. The van der Waals surface area contributed by atoms with Gasteiger partial charge in [0.25, 0.3) is 0 Å². The van der Waals surface area contributed by atoms with Gasteiger partial charge in [-0.25, -0.2) is 0 Å². The molecular formula is C15H25NO. The summed E-state index contributed by atoms with van der Waals surface area (Å²) in [5.41, 5.74) is 1.60. The molecule has 2 aliphatic heterocycles. The lowest BCUT2D eigenvalue weighted by atomic mass is 9.72. The van der Waals surface area contributed by atoms with Crippen molar-refractivity contribution < 1.29 is 4.74 Å². The van der Waals surface area contributed by atoms with Crippen LogP contribution >= 0.6 is 0 Å². The monoisotopic (exact) mass is 235 g/mol. The number of hydrogen-bond donors (Lipinski definition) is 0. The van der Waals surface area contributed by atoms with Gasteiger partial charge in [-0.3, -0.25) is 0 Å². The SMILES string of the molecule is CC1=CC[C@@H]2CO[C@@H](C3CCCN(C)C3)[C@@H]1C2. The molecule has 1 unspecified atom stereocenters. The van der Waals surface area contributed by atoms with Crippen LogP contribution in [-0.4, -0.2) is 37.7 Å². The molecule has 4 atom stereocenters. The molecule has 0 aromatic heterocycles.